The molecule has 0 unspecified atom stereocenters. The number of aryl methyl sites for hydroxylation is 1. The van der Waals surface area contributed by atoms with Crippen LogP contribution in [0.4, 0.5) is 10.8 Å². The summed E-state index contributed by atoms with van der Waals surface area (Å²) in [6.07, 6.45) is 1.01. The zero-order valence-electron chi connectivity index (χ0n) is 15.1. The molecule has 0 atom stereocenters. The third-order valence-corrected chi connectivity index (χ3v) is 6.62. The molecule has 0 spiro atoms. The van der Waals surface area contributed by atoms with Gasteiger partial charge in [0.1, 0.15) is 6.54 Å². The fourth-order valence-corrected chi connectivity index (χ4v) is 4.81. The van der Waals surface area contributed by atoms with Crippen LogP contribution < -0.4 is 9.62 Å². The van der Waals surface area contributed by atoms with E-state index in [-0.39, 0.29) is 10.9 Å². The highest BCUT2D eigenvalue weighted by Crippen LogP contribution is 2.27. The van der Waals surface area contributed by atoms with Crippen LogP contribution in [0, 0.1) is 6.92 Å². The van der Waals surface area contributed by atoms with E-state index >= 15 is 0 Å². The van der Waals surface area contributed by atoms with Crippen molar-refractivity contribution in [3.8, 4) is 0 Å². The Bertz CT molecular complexity index is 980. The molecule has 2 rings (SSSR count). The molecule has 0 aliphatic rings. The Balaban J connectivity index is 2.08. The molecule has 1 heterocycles. The van der Waals surface area contributed by atoms with Gasteiger partial charge in [-0.2, -0.15) is 0 Å². The van der Waals surface area contributed by atoms with Crippen LogP contribution in [-0.4, -0.2) is 56.2 Å². The number of ether oxygens (including phenoxy) is 1. The molecule has 1 aromatic carbocycles. The lowest BCUT2D eigenvalue weighted by Crippen LogP contribution is -2.37. The molecule has 0 aliphatic carbocycles. The number of anilines is 2. The maximum absolute atomic E-state index is 12.4. The summed E-state index contributed by atoms with van der Waals surface area (Å²) in [5, 5.41) is 10.8. The number of aromatic nitrogens is 2. The van der Waals surface area contributed by atoms with E-state index in [4.69, 9.17) is 11.6 Å². The summed E-state index contributed by atoms with van der Waals surface area (Å²) in [6, 6.07) is 4.70. The van der Waals surface area contributed by atoms with Gasteiger partial charge in [-0.3, -0.25) is 19.2 Å². The number of carbonyl (C=O) groups is 2. The summed E-state index contributed by atoms with van der Waals surface area (Å²) in [5.74, 6) is -0.926. The average molecular weight is 465 g/mol. The largest absolute Gasteiger partial charge is 0.468 e. The van der Waals surface area contributed by atoms with Crippen LogP contribution in [0.1, 0.15) is 5.56 Å². The number of esters is 1. The van der Waals surface area contributed by atoms with Crippen molar-refractivity contribution in [3.05, 3.63) is 28.8 Å². The maximum Gasteiger partial charge on any atom is 0.316 e. The normalized spacial score (nSPS) is 11.1. The van der Waals surface area contributed by atoms with Crippen molar-refractivity contribution in [1.82, 2.24) is 10.2 Å². The molecule has 0 saturated heterocycles. The van der Waals surface area contributed by atoms with Gasteiger partial charge in [-0.1, -0.05) is 34.7 Å². The lowest BCUT2D eigenvalue weighted by Gasteiger charge is -2.23. The lowest BCUT2D eigenvalue weighted by molar-refractivity contribution is -0.137. The summed E-state index contributed by atoms with van der Waals surface area (Å²) in [4.78, 5) is 23.5. The molecule has 9 nitrogen and oxygen atoms in total. The van der Waals surface area contributed by atoms with Crippen LogP contribution in [0.15, 0.2) is 22.5 Å². The predicted molar refractivity (Wildman–Crippen MR) is 110 cm³/mol. The Morgan fingerprint density at radius 2 is 2.07 bits per heavy atom. The van der Waals surface area contributed by atoms with E-state index in [9.17, 15) is 18.0 Å². The zero-order valence-corrected chi connectivity index (χ0v) is 18.3. The number of hydrogen-bond acceptors (Lipinski definition) is 9. The average Bonchev–Trinajstić information content (AvgIpc) is 3.04. The fraction of sp³-hybridized carbons (Fsp3) is 0.333. The Labute approximate surface area is 175 Å². The van der Waals surface area contributed by atoms with Gasteiger partial charge in [0.05, 0.1) is 24.8 Å². The Kier molecular flexibility index (Phi) is 7.63. The quantitative estimate of drug-likeness (QED) is 0.358. The Hall–Kier alpha value is -1.89. The third-order valence-electron chi connectivity index (χ3n) is 3.31. The summed E-state index contributed by atoms with van der Waals surface area (Å²) in [5.41, 5.74) is 0.969. The smallest absolute Gasteiger partial charge is 0.316 e. The highest BCUT2D eigenvalue weighted by Gasteiger charge is 2.23. The number of nitrogens with zero attached hydrogens (tertiary/aromatic N) is 3. The van der Waals surface area contributed by atoms with Gasteiger partial charge in [0.15, 0.2) is 4.34 Å². The minimum atomic E-state index is -3.72. The van der Waals surface area contributed by atoms with E-state index in [1.807, 2.05) is 0 Å². The van der Waals surface area contributed by atoms with E-state index < -0.39 is 28.4 Å². The molecule has 1 N–H and O–H groups in total. The van der Waals surface area contributed by atoms with Crippen molar-refractivity contribution in [2.24, 2.45) is 0 Å². The number of hydrogen-bond donors (Lipinski definition) is 1. The molecule has 13 heteroatoms. The van der Waals surface area contributed by atoms with Crippen LogP contribution in [0.25, 0.3) is 0 Å². The molecular weight excluding hydrogens is 448 g/mol. The van der Waals surface area contributed by atoms with Crippen molar-refractivity contribution >= 4 is 67.4 Å². The number of carbonyl (C=O) groups excluding carboxylic acids is 2. The van der Waals surface area contributed by atoms with Gasteiger partial charge in [-0.25, -0.2) is 8.42 Å². The molecule has 0 saturated carbocycles. The zero-order chi connectivity index (χ0) is 20.9. The number of benzene rings is 1. The Morgan fingerprint density at radius 1 is 1.36 bits per heavy atom. The highest BCUT2D eigenvalue weighted by atomic mass is 35.5. The summed E-state index contributed by atoms with van der Waals surface area (Å²) >= 11 is 8.10. The third kappa shape index (κ3) is 6.33. The number of halogens is 1. The molecular formula is C15H17ClN4O5S3. The second kappa shape index (κ2) is 9.54. The molecule has 0 fully saturated rings. The van der Waals surface area contributed by atoms with Crippen molar-refractivity contribution in [2.75, 3.05) is 35.3 Å². The van der Waals surface area contributed by atoms with Crippen LogP contribution in [0.5, 0.6) is 0 Å². The van der Waals surface area contributed by atoms with Crippen LogP contribution >= 0.6 is 34.7 Å². The summed E-state index contributed by atoms with van der Waals surface area (Å²) in [6.45, 7) is 1.26. The molecule has 1 amide bonds. The van der Waals surface area contributed by atoms with Gasteiger partial charge >= 0.3 is 5.97 Å². The predicted octanol–water partition coefficient (Wildman–Crippen LogP) is 2.17. The van der Waals surface area contributed by atoms with Gasteiger partial charge in [0.25, 0.3) is 0 Å². The monoisotopic (exact) mass is 464 g/mol. The van der Waals surface area contributed by atoms with Gasteiger partial charge in [0, 0.05) is 5.02 Å². The topological polar surface area (TPSA) is 119 Å². The maximum atomic E-state index is 12.4. The molecule has 0 radical (unpaired) electrons. The number of thioether (sulfide) groups is 1. The van der Waals surface area contributed by atoms with Gasteiger partial charge in [0.2, 0.25) is 21.1 Å². The summed E-state index contributed by atoms with van der Waals surface area (Å²) < 4.78 is 30.3. The lowest BCUT2D eigenvalue weighted by atomic mass is 10.2. The highest BCUT2D eigenvalue weighted by molar-refractivity contribution is 8.01. The minimum Gasteiger partial charge on any atom is -0.468 e. The molecule has 2 aromatic rings. The van der Waals surface area contributed by atoms with E-state index in [1.54, 1.807) is 25.1 Å². The second-order valence-corrected chi connectivity index (χ2v) is 10.0. The number of methoxy groups -OCH3 is 1. The van der Waals surface area contributed by atoms with Gasteiger partial charge < -0.3 is 4.74 Å². The van der Waals surface area contributed by atoms with Gasteiger partial charge in [-0.15, -0.1) is 10.2 Å². The first kappa shape index (κ1) is 22.4. The number of nitrogens with one attached hydrogen (secondary N) is 1. The van der Waals surface area contributed by atoms with Crippen molar-refractivity contribution in [1.29, 1.82) is 0 Å². The number of sulfonamides is 1. The molecule has 1 aromatic heterocycles. The number of amides is 1. The van der Waals surface area contributed by atoms with Gasteiger partial charge in [-0.05, 0) is 30.7 Å². The summed E-state index contributed by atoms with van der Waals surface area (Å²) in [7, 11) is -2.43. The first-order valence-corrected chi connectivity index (χ1v) is 11.7. The molecule has 28 heavy (non-hydrogen) atoms. The van der Waals surface area contributed by atoms with E-state index in [2.05, 4.69) is 20.3 Å². The second-order valence-electron chi connectivity index (χ2n) is 5.49. The van der Waals surface area contributed by atoms with Crippen molar-refractivity contribution in [2.45, 2.75) is 11.3 Å². The standard InChI is InChI=1S/C15H17ClN4O5S3/c1-9-6-10(16)4-5-11(9)20(28(3,23)24)7-12(21)17-14-18-19-15(27-14)26-8-13(22)25-2/h4-6H,7-8H2,1-3H3,(H,17,18,21). The van der Waals surface area contributed by atoms with E-state index in [0.717, 1.165) is 33.7 Å². The van der Waals surface area contributed by atoms with Crippen molar-refractivity contribution in [3.63, 3.8) is 0 Å². The van der Waals surface area contributed by atoms with Crippen LogP contribution in [0.2, 0.25) is 5.02 Å². The fourth-order valence-electron chi connectivity index (χ4n) is 2.07. The minimum absolute atomic E-state index is 0.0662. The SMILES string of the molecule is COC(=O)CSc1nnc(NC(=O)CN(c2ccc(Cl)cc2C)S(C)(=O)=O)s1. The van der Waals surface area contributed by atoms with Crippen LogP contribution in [-0.2, 0) is 24.3 Å². The van der Waals surface area contributed by atoms with Crippen LogP contribution in [0.3, 0.4) is 0 Å². The van der Waals surface area contributed by atoms with E-state index in [1.165, 1.54) is 7.11 Å². The van der Waals surface area contributed by atoms with Crippen molar-refractivity contribution < 1.29 is 22.7 Å². The molecule has 0 bridgehead atoms. The number of rotatable bonds is 8. The molecule has 152 valence electrons. The molecule has 0 aliphatic heterocycles. The first-order chi connectivity index (χ1) is 13.1. The van der Waals surface area contributed by atoms with E-state index in [0.29, 0.717) is 20.6 Å². The Morgan fingerprint density at radius 3 is 2.68 bits per heavy atom. The first-order valence-electron chi connectivity index (χ1n) is 7.67.